The molecule has 0 saturated carbocycles. The number of benzene rings is 1. The van der Waals surface area contributed by atoms with Crippen molar-refractivity contribution in [3.63, 3.8) is 0 Å². The number of aromatic nitrogens is 2. The summed E-state index contributed by atoms with van der Waals surface area (Å²) in [5.74, 6) is 2.62. The number of hydrogen-bond donors (Lipinski definition) is 2. The summed E-state index contributed by atoms with van der Waals surface area (Å²) in [7, 11) is 0. The predicted octanol–water partition coefficient (Wildman–Crippen LogP) is 1.63. The van der Waals surface area contributed by atoms with Crippen molar-refractivity contribution in [3.8, 4) is 5.75 Å². The van der Waals surface area contributed by atoms with Crippen LogP contribution in [0.15, 0.2) is 42.5 Å². The highest BCUT2D eigenvalue weighted by Gasteiger charge is 2.25. The minimum atomic E-state index is 0.0343. The Kier molecular flexibility index (Phi) is 8.71. The molecule has 0 atom stereocenters. The van der Waals surface area contributed by atoms with Gasteiger partial charge in [0.25, 0.3) is 0 Å². The van der Waals surface area contributed by atoms with Crippen LogP contribution in [0.4, 0.5) is 11.6 Å². The van der Waals surface area contributed by atoms with Crippen molar-refractivity contribution in [3.05, 3.63) is 42.5 Å². The lowest BCUT2D eigenvalue weighted by Gasteiger charge is -2.31. The first-order chi connectivity index (χ1) is 16.3. The van der Waals surface area contributed by atoms with Crippen LogP contribution in [0.1, 0.15) is 12.8 Å². The fourth-order valence-corrected chi connectivity index (χ4v) is 4.13. The van der Waals surface area contributed by atoms with E-state index in [1.54, 1.807) is 0 Å². The van der Waals surface area contributed by atoms with Crippen LogP contribution in [0.5, 0.6) is 5.75 Å². The lowest BCUT2D eigenvalue weighted by molar-refractivity contribution is -0.125. The number of morpholine rings is 1. The molecule has 1 aromatic heterocycles. The van der Waals surface area contributed by atoms with E-state index in [1.807, 2.05) is 42.5 Å². The van der Waals surface area contributed by atoms with Crippen molar-refractivity contribution in [1.29, 1.82) is 0 Å². The number of piperidine rings is 1. The molecular weight excluding hydrogens is 420 g/mol. The number of rotatable bonds is 10. The number of nitrogens with one attached hydrogen (secondary N) is 2. The Labute approximate surface area is 195 Å². The summed E-state index contributed by atoms with van der Waals surface area (Å²) >= 11 is 0. The highest BCUT2D eigenvalue weighted by molar-refractivity contribution is 5.78. The van der Waals surface area contributed by atoms with Crippen LogP contribution >= 0.6 is 0 Å². The molecule has 1 aromatic carbocycles. The number of nitrogens with zero attached hydrogens (tertiary/aromatic N) is 4. The maximum Gasteiger partial charge on any atom is 0.223 e. The number of anilines is 2. The number of carbonyl (C=O) groups is 1. The van der Waals surface area contributed by atoms with Gasteiger partial charge in [-0.1, -0.05) is 18.2 Å². The van der Waals surface area contributed by atoms with Gasteiger partial charge in [-0.2, -0.15) is 0 Å². The molecule has 2 N–H and O–H groups in total. The molecule has 1 amide bonds. The third-order valence-corrected chi connectivity index (χ3v) is 6.09. The number of hydrogen-bond acceptors (Lipinski definition) is 8. The second-order valence-electron chi connectivity index (χ2n) is 8.37. The average Bonchev–Trinajstić information content (AvgIpc) is 2.88. The molecule has 0 spiro atoms. The summed E-state index contributed by atoms with van der Waals surface area (Å²) in [6.07, 6.45) is 1.62. The third kappa shape index (κ3) is 7.30. The minimum Gasteiger partial charge on any atom is -0.492 e. The van der Waals surface area contributed by atoms with Crippen LogP contribution in [0, 0.1) is 5.92 Å². The molecular formula is C24H34N6O3. The van der Waals surface area contributed by atoms with E-state index in [0.29, 0.717) is 13.2 Å². The highest BCUT2D eigenvalue weighted by atomic mass is 16.5. The molecule has 2 fully saturated rings. The van der Waals surface area contributed by atoms with Gasteiger partial charge in [0.05, 0.1) is 19.8 Å². The van der Waals surface area contributed by atoms with Gasteiger partial charge in [-0.3, -0.25) is 9.69 Å². The molecule has 2 aliphatic rings. The van der Waals surface area contributed by atoms with Crippen LogP contribution in [-0.4, -0.2) is 86.6 Å². The third-order valence-electron chi connectivity index (χ3n) is 6.09. The SMILES string of the molecule is O=C(NCCOc1ccccc1)C1CCN(c2ccc(NCCN3CCOCC3)nn2)CC1. The summed E-state index contributed by atoms with van der Waals surface area (Å²) in [4.78, 5) is 17.1. The lowest BCUT2D eigenvalue weighted by atomic mass is 9.96. The first-order valence-corrected chi connectivity index (χ1v) is 11.9. The summed E-state index contributed by atoms with van der Waals surface area (Å²) in [5, 5.41) is 15.1. The Morgan fingerprint density at radius 2 is 1.79 bits per heavy atom. The fraction of sp³-hybridized carbons (Fsp3) is 0.542. The van der Waals surface area contributed by atoms with E-state index in [2.05, 4.69) is 30.6 Å². The Bertz CT molecular complexity index is 837. The summed E-state index contributed by atoms with van der Waals surface area (Å²) in [5.41, 5.74) is 0. The van der Waals surface area contributed by atoms with Crippen LogP contribution in [0.2, 0.25) is 0 Å². The van der Waals surface area contributed by atoms with Crippen molar-refractivity contribution in [2.45, 2.75) is 12.8 Å². The number of ether oxygens (including phenoxy) is 2. The first kappa shape index (κ1) is 23.3. The molecule has 2 aromatic rings. The minimum absolute atomic E-state index is 0.0343. The second-order valence-corrected chi connectivity index (χ2v) is 8.37. The molecule has 0 radical (unpaired) electrons. The molecule has 4 rings (SSSR count). The van der Waals surface area contributed by atoms with E-state index in [9.17, 15) is 4.79 Å². The Morgan fingerprint density at radius 3 is 2.52 bits per heavy atom. The van der Waals surface area contributed by atoms with E-state index in [4.69, 9.17) is 9.47 Å². The maximum absolute atomic E-state index is 12.5. The van der Waals surface area contributed by atoms with E-state index in [1.165, 1.54) is 0 Å². The van der Waals surface area contributed by atoms with Crippen molar-refractivity contribution in [1.82, 2.24) is 20.4 Å². The summed E-state index contributed by atoms with van der Waals surface area (Å²) in [6, 6.07) is 13.6. The van der Waals surface area contributed by atoms with Gasteiger partial charge in [0.2, 0.25) is 5.91 Å². The van der Waals surface area contributed by atoms with Crippen molar-refractivity contribution < 1.29 is 14.3 Å². The highest BCUT2D eigenvalue weighted by Crippen LogP contribution is 2.22. The molecule has 3 heterocycles. The molecule has 33 heavy (non-hydrogen) atoms. The number of carbonyl (C=O) groups excluding carboxylic acids is 1. The van der Waals surface area contributed by atoms with Gasteiger partial charge >= 0.3 is 0 Å². The van der Waals surface area contributed by atoms with E-state index in [0.717, 1.165) is 82.7 Å². The zero-order valence-corrected chi connectivity index (χ0v) is 19.1. The van der Waals surface area contributed by atoms with E-state index >= 15 is 0 Å². The Balaban J connectivity index is 1.12. The molecule has 2 aliphatic heterocycles. The smallest absolute Gasteiger partial charge is 0.223 e. The van der Waals surface area contributed by atoms with Gasteiger partial charge < -0.3 is 25.0 Å². The Hall–Kier alpha value is -2.91. The van der Waals surface area contributed by atoms with Gasteiger partial charge in [0.1, 0.15) is 18.2 Å². The van der Waals surface area contributed by atoms with Gasteiger partial charge in [-0.05, 0) is 37.1 Å². The average molecular weight is 455 g/mol. The van der Waals surface area contributed by atoms with Crippen molar-refractivity contribution >= 4 is 17.5 Å². The molecule has 9 nitrogen and oxygen atoms in total. The van der Waals surface area contributed by atoms with Gasteiger partial charge in [0, 0.05) is 45.2 Å². The fourth-order valence-electron chi connectivity index (χ4n) is 4.13. The monoisotopic (exact) mass is 454 g/mol. The topological polar surface area (TPSA) is 91.9 Å². The van der Waals surface area contributed by atoms with Crippen molar-refractivity contribution in [2.75, 3.05) is 75.9 Å². The number of amides is 1. The standard InChI is InChI=1S/C24H34N6O3/c31-24(26-11-17-33-21-4-2-1-3-5-21)20-8-12-30(13-9-20)23-7-6-22(27-28-23)25-10-14-29-15-18-32-19-16-29/h1-7,20H,8-19H2,(H,25,27)(H,26,31). The van der Waals surface area contributed by atoms with E-state index < -0.39 is 0 Å². The molecule has 2 saturated heterocycles. The zero-order chi connectivity index (χ0) is 22.7. The van der Waals surface area contributed by atoms with Gasteiger partial charge in [-0.15, -0.1) is 10.2 Å². The van der Waals surface area contributed by atoms with Crippen LogP contribution in [0.25, 0.3) is 0 Å². The first-order valence-electron chi connectivity index (χ1n) is 11.9. The molecule has 0 bridgehead atoms. The van der Waals surface area contributed by atoms with Crippen LogP contribution in [0.3, 0.4) is 0 Å². The van der Waals surface area contributed by atoms with E-state index in [-0.39, 0.29) is 11.8 Å². The molecule has 0 unspecified atom stereocenters. The largest absolute Gasteiger partial charge is 0.492 e. The summed E-state index contributed by atoms with van der Waals surface area (Å²) in [6.45, 7) is 8.00. The van der Waals surface area contributed by atoms with Crippen molar-refractivity contribution in [2.24, 2.45) is 5.92 Å². The Morgan fingerprint density at radius 1 is 1.00 bits per heavy atom. The summed E-state index contributed by atoms with van der Waals surface area (Å²) < 4.78 is 11.0. The number of para-hydroxylation sites is 1. The maximum atomic E-state index is 12.5. The second kappa shape index (κ2) is 12.4. The zero-order valence-electron chi connectivity index (χ0n) is 19.1. The molecule has 9 heteroatoms. The molecule has 0 aliphatic carbocycles. The lowest BCUT2D eigenvalue weighted by Crippen LogP contribution is -2.41. The van der Waals surface area contributed by atoms with Gasteiger partial charge in [0.15, 0.2) is 5.82 Å². The van der Waals surface area contributed by atoms with Gasteiger partial charge in [-0.25, -0.2) is 0 Å². The van der Waals surface area contributed by atoms with Crippen LogP contribution < -0.4 is 20.3 Å². The normalized spacial score (nSPS) is 17.5. The quantitative estimate of drug-likeness (QED) is 0.524. The van der Waals surface area contributed by atoms with Crippen LogP contribution in [-0.2, 0) is 9.53 Å². The predicted molar refractivity (Wildman–Crippen MR) is 128 cm³/mol. The molecule has 178 valence electrons.